The van der Waals surface area contributed by atoms with Crippen molar-refractivity contribution in [3.8, 4) is 0 Å². The van der Waals surface area contributed by atoms with Crippen LogP contribution in [0.2, 0.25) is 0 Å². The number of benzene rings is 1. The predicted molar refractivity (Wildman–Crippen MR) is 68.6 cm³/mol. The molecular formula is C13H15F3N2O3. The van der Waals surface area contributed by atoms with Gasteiger partial charge in [-0.3, -0.25) is 0 Å². The number of carboxylic acids is 1. The summed E-state index contributed by atoms with van der Waals surface area (Å²) in [6, 6.07) is 4.40. The fourth-order valence-electron chi connectivity index (χ4n) is 1.73. The molecule has 21 heavy (non-hydrogen) atoms. The summed E-state index contributed by atoms with van der Waals surface area (Å²) in [5.74, 6) is -1.31. The van der Waals surface area contributed by atoms with Gasteiger partial charge in [-0.2, -0.15) is 13.2 Å². The van der Waals surface area contributed by atoms with Crippen LogP contribution in [0, 0.1) is 0 Å². The Kier molecular flexibility index (Phi) is 5.57. The highest BCUT2D eigenvalue weighted by Gasteiger charge is 2.31. The maximum Gasteiger partial charge on any atom is 0.391 e. The molecule has 0 aliphatic rings. The molecule has 0 aliphatic heterocycles. The van der Waals surface area contributed by atoms with Crippen molar-refractivity contribution >= 4 is 12.0 Å². The number of rotatable bonds is 5. The van der Waals surface area contributed by atoms with E-state index in [1.807, 2.05) is 0 Å². The van der Waals surface area contributed by atoms with Crippen molar-refractivity contribution in [3.05, 3.63) is 35.9 Å². The third-order valence-electron chi connectivity index (χ3n) is 2.57. The molecule has 0 spiro atoms. The summed E-state index contributed by atoms with van der Waals surface area (Å²) in [5, 5.41) is 13.3. The van der Waals surface area contributed by atoms with Gasteiger partial charge in [0.1, 0.15) is 0 Å². The van der Waals surface area contributed by atoms with Crippen LogP contribution < -0.4 is 10.6 Å². The van der Waals surface area contributed by atoms with Gasteiger partial charge >= 0.3 is 18.2 Å². The van der Waals surface area contributed by atoms with Crippen LogP contribution in [0.4, 0.5) is 18.0 Å². The van der Waals surface area contributed by atoms with E-state index in [4.69, 9.17) is 5.11 Å². The number of carbonyl (C=O) groups is 2. The minimum Gasteiger partial charge on any atom is -0.479 e. The first-order valence-corrected chi connectivity index (χ1v) is 6.10. The van der Waals surface area contributed by atoms with Gasteiger partial charge in [-0.1, -0.05) is 30.3 Å². The van der Waals surface area contributed by atoms with Gasteiger partial charge in [-0.15, -0.1) is 0 Å². The third kappa shape index (κ3) is 6.15. The van der Waals surface area contributed by atoms with Crippen LogP contribution in [0.5, 0.6) is 0 Å². The Morgan fingerprint density at radius 2 is 1.76 bits per heavy atom. The fourth-order valence-corrected chi connectivity index (χ4v) is 1.73. The van der Waals surface area contributed by atoms with Crippen LogP contribution >= 0.6 is 0 Å². The maximum absolute atomic E-state index is 12.1. The molecule has 0 aromatic heterocycles. The second-order valence-corrected chi connectivity index (χ2v) is 4.52. The lowest BCUT2D eigenvalue weighted by molar-refractivity contribution is -0.140. The quantitative estimate of drug-likeness (QED) is 0.782. The monoisotopic (exact) mass is 304 g/mol. The SMILES string of the molecule is CC(CC(F)(F)F)NC(=O)N[C@H](C(=O)O)c1ccccc1. The highest BCUT2D eigenvalue weighted by molar-refractivity contribution is 5.83. The van der Waals surface area contributed by atoms with Crippen LogP contribution in [0.15, 0.2) is 30.3 Å². The number of hydrogen-bond acceptors (Lipinski definition) is 2. The van der Waals surface area contributed by atoms with E-state index in [1.54, 1.807) is 18.2 Å². The summed E-state index contributed by atoms with van der Waals surface area (Å²) < 4.78 is 36.4. The summed E-state index contributed by atoms with van der Waals surface area (Å²) in [6.07, 6.45) is -5.60. The van der Waals surface area contributed by atoms with E-state index in [2.05, 4.69) is 10.6 Å². The van der Waals surface area contributed by atoms with Crippen molar-refractivity contribution in [2.24, 2.45) is 0 Å². The molecule has 1 aromatic carbocycles. The molecule has 1 rings (SSSR count). The Morgan fingerprint density at radius 3 is 2.24 bits per heavy atom. The van der Waals surface area contributed by atoms with Gasteiger partial charge in [0.25, 0.3) is 0 Å². The van der Waals surface area contributed by atoms with Gasteiger partial charge in [0.05, 0.1) is 6.42 Å². The van der Waals surface area contributed by atoms with Crippen molar-refractivity contribution in [3.63, 3.8) is 0 Å². The first-order valence-electron chi connectivity index (χ1n) is 6.10. The standard InChI is InChI=1S/C13H15F3N2O3/c1-8(7-13(14,15)16)17-12(21)18-10(11(19)20)9-5-3-2-4-6-9/h2-6,8,10H,7H2,1H3,(H,19,20)(H2,17,18,21)/t8?,10-/m0/s1. The van der Waals surface area contributed by atoms with Crippen molar-refractivity contribution in [1.82, 2.24) is 10.6 Å². The first-order chi connectivity index (χ1) is 9.69. The van der Waals surface area contributed by atoms with Gasteiger partial charge in [0.2, 0.25) is 0 Å². The topological polar surface area (TPSA) is 78.4 Å². The number of urea groups is 1. The molecule has 3 N–H and O–H groups in total. The van der Waals surface area contributed by atoms with Crippen molar-refractivity contribution in [2.45, 2.75) is 31.6 Å². The molecule has 5 nitrogen and oxygen atoms in total. The van der Waals surface area contributed by atoms with Crippen LogP contribution in [0.3, 0.4) is 0 Å². The Bertz CT molecular complexity index is 491. The maximum atomic E-state index is 12.1. The van der Waals surface area contributed by atoms with E-state index >= 15 is 0 Å². The van der Waals surface area contributed by atoms with Crippen molar-refractivity contribution in [2.75, 3.05) is 0 Å². The number of halogens is 3. The highest BCUT2D eigenvalue weighted by Crippen LogP contribution is 2.21. The zero-order valence-electron chi connectivity index (χ0n) is 11.1. The number of nitrogens with one attached hydrogen (secondary N) is 2. The molecule has 2 atom stereocenters. The number of aliphatic carboxylic acids is 1. The van der Waals surface area contributed by atoms with Gasteiger partial charge in [0, 0.05) is 6.04 Å². The third-order valence-corrected chi connectivity index (χ3v) is 2.57. The van der Waals surface area contributed by atoms with E-state index in [0.29, 0.717) is 5.56 Å². The molecule has 0 bridgehead atoms. The fraction of sp³-hybridized carbons (Fsp3) is 0.385. The largest absolute Gasteiger partial charge is 0.479 e. The summed E-state index contributed by atoms with van der Waals surface area (Å²) in [7, 11) is 0. The highest BCUT2D eigenvalue weighted by atomic mass is 19.4. The van der Waals surface area contributed by atoms with Crippen molar-refractivity contribution in [1.29, 1.82) is 0 Å². The molecule has 1 aromatic rings. The molecule has 0 saturated heterocycles. The molecule has 0 fully saturated rings. The number of amides is 2. The van der Waals surface area contributed by atoms with Crippen LogP contribution in [-0.2, 0) is 4.79 Å². The Hall–Kier alpha value is -2.25. The molecular weight excluding hydrogens is 289 g/mol. The molecule has 0 radical (unpaired) electrons. The van der Waals surface area contributed by atoms with E-state index in [0.717, 1.165) is 0 Å². The predicted octanol–water partition coefficient (Wildman–Crippen LogP) is 2.45. The number of alkyl halides is 3. The zero-order valence-corrected chi connectivity index (χ0v) is 11.1. The van der Waals surface area contributed by atoms with Crippen LogP contribution in [0.25, 0.3) is 0 Å². The summed E-state index contributed by atoms with van der Waals surface area (Å²) in [4.78, 5) is 22.7. The normalized spacial score (nSPS) is 14.1. The number of carboxylic acid groups (broad SMARTS) is 1. The van der Waals surface area contributed by atoms with E-state index in [-0.39, 0.29) is 0 Å². The zero-order chi connectivity index (χ0) is 16.0. The molecule has 0 aliphatic carbocycles. The average Bonchev–Trinajstić information content (AvgIpc) is 2.34. The lowest BCUT2D eigenvalue weighted by Gasteiger charge is -2.19. The smallest absolute Gasteiger partial charge is 0.391 e. The molecule has 0 heterocycles. The Balaban J connectivity index is 2.64. The second-order valence-electron chi connectivity index (χ2n) is 4.52. The van der Waals surface area contributed by atoms with Gasteiger partial charge in [-0.05, 0) is 12.5 Å². The molecule has 116 valence electrons. The van der Waals surface area contributed by atoms with Crippen molar-refractivity contribution < 1.29 is 27.9 Å². The van der Waals surface area contributed by atoms with Gasteiger partial charge in [0.15, 0.2) is 6.04 Å². The minimum atomic E-state index is -4.40. The van der Waals surface area contributed by atoms with E-state index in [1.165, 1.54) is 19.1 Å². The Morgan fingerprint density at radius 1 is 1.19 bits per heavy atom. The minimum absolute atomic E-state index is 0.323. The molecule has 0 saturated carbocycles. The lowest BCUT2D eigenvalue weighted by atomic mass is 10.1. The first kappa shape index (κ1) is 16.8. The average molecular weight is 304 g/mol. The van der Waals surface area contributed by atoms with Gasteiger partial charge in [-0.25, -0.2) is 9.59 Å². The number of carbonyl (C=O) groups excluding carboxylic acids is 1. The second kappa shape index (κ2) is 6.96. The lowest BCUT2D eigenvalue weighted by Crippen LogP contribution is -2.45. The Labute approximate surface area is 119 Å². The van der Waals surface area contributed by atoms with Gasteiger partial charge < -0.3 is 15.7 Å². The van der Waals surface area contributed by atoms with E-state index < -0.39 is 36.7 Å². The molecule has 1 unspecified atom stereocenters. The van der Waals surface area contributed by atoms with Crippen LogP contribution in [-0.4, -0.2) is 29.3 Å². The number of hydrogen-bond donors (Lipinski definition) is 3. The molecule has 8 heteroatoms. The molecule has 2 amide bonds. The van der Waals surface area contributed by atoms with E-state index in [9.17, 15) is 22.8 Å². The van der Waals surface area contributed by atoms with Crippen LogP contribution in [0.1, 0.15) is 24.9 Å². The summed E-state index contributed by atoms with van der Waals surface area (Å²) in [6.45, 7) is 1.19. The summed E-state index contributed by atoms with van der Waals surface area (Å²) >= 11 is 0. The summed E-state index contributed by atoms with van der Waals surface area (Å²) in [5.41, 5.74) is 0.323.